The highest BCUT2D eigenvalue weighted by molar-refractivity contribution is 7.99. The Morgan fingerprint density at radius 1 is 1.65 bits per heavy atom. The second-order valence-corrected chi connectivity index (χ2v) is 6.13. The van der Waals surface area contributed by atoms with Gasteiger partial charge >= 0.3 is 0 Å². The molecule has 1 rings (SSSR count). The molecule has 1 aromatic rings. The Hall–Kier alpha value is -0.590. The molecule has 17 heavy (non-hydrogen) atoms. The molecule has 1 aromatic heterocycles. The first kappa shape index (κ1) is 14.5. The van der Waals surface area contributed by atoms with Crippen molar-refractivity contribution >= 4 is 29.0 Å². The van der Waals surface area contributed by atoms with Gasteiger partial charge in [-0.15, -0.1) is 23.1 Å². The lowest BCUT2D eigenvalue weighted by molar-refractivity contribution is -0.131. The molecule has 6 heteroatoms. The average Bonchev–Trinajstić information content (AvgIpc) is 2.63. The molecule has 4 nitrogen and oxygen atoms in total. The van der Waals surface area contributed by atoms with Crippen LogP contribution in [0.5, 0.6) is 0 Å². The van der Waals surface area contributed by atoms with Gasteiger partial charge in [-0.3, -0.25) is 9.63 Å². The van der Waals surface area contributed by atoms with Crippen LogP contribution in [0.15, 0.2) is 5.38 Å². The van der Waals surface area contributed by atoms with Gasteiger partial charge in [0.1, 0.15) is 0 Å². The van der Waals surface area contributed by atoms with Crippen molar-refractivity contribution in [3.8, 4) is 0 Å². The smallest absolute Gasteiger partial charge is 0.253 e. The highest BCUT2D eigenvalue weighted by atomic mass is 32.2. The van der Waals surface area contributed by atoms with Crippen LogP contribution in [-0.4, -0.2) is 23.3 Å². The highest BCUT2D eigenvalue weighted by Gasteiger charge is 2.04. The van der Waals surface area contributed by atoms with Gasteiger partial charge in [0.25, 0.3) is 5.91 Å². The van der Waals surface area contributed by atoms with Crippen LogP contribution in [0.1, 0.15) is 24.5 Å². The molecule has 0 saturated heterocycles. The van der Waals surface area contributed by atoms with Crippen LogP contribution in [0.3, 0.4) is 0 Å². The SMILES string of the molecule is Cc1nc(CSCC(=O)NOCC(C)C)cs1. The number of nitrogens with zero attached hydrogens (tertiary/aromatic N) is 1. The maximum atomic E-state index is 11.3. The lowest BCUT2D eigenvalue weighted by atomic mass is 10.2. The summed E-state index contributed by atoms with van der Waals surface area (Å²) in [7, 11) is 0. The zero-order valence-electron chi connectivity index (χ0n) is 10.4. The van der Waals surface area contributed by atoms with E-state index in [1.165, 1.54) is 11.8 Å². The number of rotatable bonds is 7. The van der Waals surface area contributed by atoms with Gasteiger partial charge in [0.2, 0.25) is 0 Å². The number of thioether (sulfide) groups is 1. The van der Waals surface area contributed by atoms with E-state index in [9.17, 15) is 4.79 Å². The molecule has 0 atom stereocenters. The minimum absolute atomic E-state index is 0.0948. The highest BCUT2D eigenvalue weighted by Crippen LogP contribution is 2.14. The number of hydroxylamine groups is 1. The number of aromatic nitrogens is 1. The van der Waals surface area contributed by atoms with E-state index in [0.29, 0.717) is 18.3 Å². The first-order valence-corrected chi connectivity index (χ1v) is 7.50. The standard InChI is InChI=1S/C11H18N2O2S2/c1-8(2)4-15-13-11(14)7-16-5-10-6-17-9(3)12-10/h6,8H,4-5,7H2,1-3H3,(H,13,14). The van der Waals surface area contributed by atoms with Crippen LogP contribution in [-0.2, 0) is 15.4 Å². The van der Waals surface area contributed by atoms with Crippen LogP contribution in [0.4, 0.5) is 0 Å². The van der Waals surface area contributed by atoms with Crippen LogP contribution < -0.4 is 5.48 Å². The lowest BCUT2D eigenvalue weighted by Gasteiger charge is -2.07. The summed E-state index contributed by atoms with van der Waals surface area (Å²) < 4.78 is 0. The van der Waals surface area contributed by atoms with Gasteiger partial charge in [-0.25, -0.2) is 10.5 Å². The van der Waals surface area contributed by atoms with Crippen molar-refractivity contribution in [3.05, 3.63) is 16.1 Å². The monoisotopic (exact) mass is 274 g/mol. The van der Waals surface area contributed by atoms with Crippen LogP contribution >= 0.6 is 23.1 Å². The van der Waals surface area contributed by atoms with E-state index in [2.05, 4.69) is 10.5 Å². The summed E-state index contributed by atoms with van der Waals surface area (Å²) in [5.41, 5.74) is 3.46. The van der Waals surface area contributed by atoms with Gasteiger partial charge in [0.05, 0.1) is 23.1 Å². The molecule has 0 saturated carbocycles. The molecular weight excluding hydrogens is 256 g/mol. The van der Waals surface area contributed by atoms with E-state index >= 15 is 0 Å². The average molecular weight is 274 g/mol. The van der Waals surface area contributed by atoms with Crippen molar-refractivity contribution in [1.29, 1.82) is 0 Å². The fourth-order valence-corrected chi connectivity index (χ4v) is 2.46. The second-order valence-electron chi connectivity index (χ2n) is 4.08. The van der Waals surface area contributed by atoms with E-state index in [4.69, 9.17) is 4.84 Å². The quantitative estimate of drug-likeness (QED) is 0.776. The Balaban J connectivity index is 2.08. The minimum Gasteiger partial charge on any atom is -0.273 e. The number of amides is 1. The van der Waals surface area contributed by atoms with Crippen molar-refractivity contribution < 1.29 is 9.63 Å². The minimum atomic E-state index is -0.0948. The molecule has 0 aliphatic rings. The number of aryl methyl sites for hydroxylation is 1. The Morgan fingerprint density at radius 3 is 3.00 bits per heavy atom. The van der Waals surface area contributed by atoms with E-state index in [0.717, 1.165) is 16.5 Å². The van der Waals surface area contributed by atoms with Crippen LogP contribution in [0.2, 0.25) is 0 Å². The topological polar surface area (TPSA) is 51.2 Å². The maximum Gasteiger partial charge on any atom is 0.253 e. The van der Waals surface area contributed by atoms with Gasteiger partial charge in [0, 0.05) is 11.1 Å². The lowest BCUT2D eigenvalue weighted by Crippen LogP contribution is -2.27. The largest absolute Gasteiger partial charge is 0.273 e. The third-order valence-corrected chi connectivity index (χ3v) is 3.54. The first-order valence-electron chi connectivity index (χ1n) is 5.47. The summed E-state index contributed by atoms with van der Waals surface area (Å²) in [4.78, 5) is 20.7. The van der Waals surface area contributed by atoms with E-state index in [-0.39, 0.29) is 5.91 Å². The molecule has 1 amide bonds. The molecule has 0 aliphatic carbocycles. The van der Waals surface area contributed by atoms with E-state index in [1.807, 2.05) is 26.2 Å². The van der Waals surface area contributed by atoms with Gasteiger partial charge in [-0.2, -0.15) is 0 Å². The fraction of sp³-hybridized carbons (Fsp3) is 0.636. The number of hydrogen-bond donors (Lipinski definition) is 1. The summed E-state index contributed by atoms with van der Waals surface area (Å²) in [6, 6.07) is 0. The predicted octanol–water partition coefficient (Wildman–Crippen LogP) is 2.39. The summed E-state index contributed by atoms with van der Waals surface area (Å²) in [6.45, 7) is 6.59. The van der Waals surface area contributed by atoms with Crippen molar-refractivity contribution in [1.82, 2.24) is 10.5 Å². The zero-order chi connectivity index (χ0) is 12.7. The van der Waals surface area contributed by atoms with Crippen molar-refractivity contribution in [2.24, 2.45) is 5.92 Å². The van der Waals surface area contributed by atoms with E-state index in [1.54, 1.807) is 11.3 Å². The summed E-state index contributed by atoms with van der Waals surface area (Å²) >= 11 is 3.17. The Labute approximate surface area is 110 Å². The Morgan fingerprint density at radius 2 is 2.41 bits per heavy atom. The number of nitrogens with one attached hydrogen (secondary N) is 1. The molecule has 1 heterocycles. The van der Waals surface area contributed by atoms with E-state index < -0.39 is 0 Å². The number of carbonyl (C=O) groups is 1. The Bertz CT molecular complexity index is 353. The van der Waals surface area contributed by atoms with Crippen molar-refractivity contribution in [3.63, 3.8) is 0 Å². The molecule has 0 spiro atoms. The van der Waals surface area contributed by atoms with Gasteiger partial charge in [-0.05, 0) is 12.8 Å². The third kappa shape index (κ3) is 6.65. The molecule has 96 valence electrons. The van der Waals surface area contributed by atoms with Crippen molar-refractivity contribution in [2.75, 3.05) is 12.4 Å². The predicted molar refractivity (Wildman–Crippen MR) is 71.9 cm³/mol. The normalized spacial score (nSPS) is 10.8. The summed E-state index contributed by atoms with van der Waals surface area (Å²) in [5, 5.41) is 3.08. The van der Waals surface area contributed by atoms with Crippen LogP contribution in [0, 0.1) is 12.8 Å². The third-order valence-electron chi connectivity index (χ3n) is 1.75. The molecule has 0 fully saturated rings. The molecule has 0 unspecified atom stereocenters. The number of hydrogen-bond acceptors (Lipinski definition) is 5. The molecule has 0 radical (unpaired) electrons. The molecule has 0 bridgehead atoms. The summed E-state index contributed by atoms with van der Waals surface area (Å²) in [6.07, 6.45) is 0. The maximum absolute atomic E-state index is 11.3. The number of thiazole rings is 1. The number of carbonyl (C=O) groups excluding carboxylic acids is 1. The molecular formula is C11H18N2O2S2. The van der Waals surface area contributed by atoms with Gasteiger partial charge in [0.15, 0.2) is 0 Å². The first-order chi connectivity index (χ1) is 8.08. The van der Waals surface area contributed by atoms with Gasteiger partial charge in [-0.1, -0.05) is 13.8 Å². The molecule has 0 aliphatic heterocycles. The second kappa shape index (κ2) is 7.68. The summed E-state index contributed by atoms with van der Waals surface area (Å²) in [5.74, 6) is 1.49. The van der Waals surface area contributed by atoms with Crippen molar-refractivity contribution in [2.45, 2.75) is 26.5 Å². The Kier molecular flexibility index (Phi) is 6.54. The molecule has 1 N–H and O–H groups in total. The zero-order valence-corrected chi connectivity index (χ0v) is 12.0. The van der Waals surface area contributed by atoms with Crippen LogP contribution in [0.25, 0.3) is 0 Å². The fourth-order valence-electron chi connectivity index (χ4n) is 1.04. The van der Waals surface area contributed by atoms with Gasteiger partial charge < -0.3 is 0 Å². The molecule has 0 aromatic carbocycles.